The largest absolute Gasteiger partial charge is 0.329 e. The van der Waals surface area contributed by atoms with Gasteiger partial charge in [-0.1, -0.05) is 0 Å². The normalized spacial score (nSPS) is 10.8. The van der Waals surface area contributed by atoms with E-state index in [0.717, 1.165) is 0 Å². The molecule has 5 nitrogen and oxygen atoms in total. The third-order valence-electron chi connectivity index (χ3n) is 1.70. The summed E-state index contributed by atoms with van der Waals surface area (Å²) in [6, 6.07) is 0. The first-order valence-corrected chi connectivity index (χ1v) is 3.73. The molecule has 0 spiro atoms. The van der Waals surface area contributed by atoms with Gasteiger partial charge in [0.05, 0.1) is 11.7 Å². The van der Waals surface area contributed by atoms with Crippen molar-refractivity contribution in [1.82, 2.24) is 19.7 Å². The van der Waals surface area contributed by atoms with Crippen LogP contribution in [0.3, 0.4) is 0 Å². The average molecular weight is 182 g/mol. The second-order valence-corrected chi connectivity index (χ2v) is 2.84. The molecule has 0 aliphatic carbocycles. The zero-order chi connectivity index (χ0) is 8.72. The lowest BCUT2D eigenvalue weighted by atomic mass is 10.5. The first-order chi connectivity index (χ1) is 5.70. The molecule has 12 heavy (non-hydrogen) atoms. The predicted octanol–water partition coefficient (Wildman–Crippen LogP) is 0.319. The minimum Gasteiger partial charge on any atom is -0.329 e. The van der Waals surface area contributed by atoms with Gasteiger partial charge >= 0.3 is 0 Å². The molecule has 0 unspecified atom stereocenters. The maximum absolute atomic E-state index is 11.4. The van der Waals surface area contributed by atoms with Crippen LogP contribution in [0, 0.1) is 4.77 Å². The van der Waals surface area contributed by atoms with Gasteiger partial charge in [-0.05, 0) is 12.2 Å². The highest BCUT2D eigenvalue weighted by Gasteiger charge is 2.02. The van der Waals surface area contributed by atoms with E-state index in [1.165, 1.54) is 10.8 Å². The molecule has 2 aromatic heterocycles. The van der Waals surface area contributed by atoms with Crippen LogP contribution in [0.5, 0.6) is 0 Å². The van der Waals surface area contributed by atoms with Crippen molar-refractivity contribution in [3.63, 3.8) is 0 Å². The zero-order valence-electron chi connectivity index (χ0n) is 6.29. The van der Waals surface area contributed by atoms with Crippen molar-refractivity contribution >= 4 is 23.3 Å². The molecule has 0 amide bonds. The van der Waals surface area contributed by atoms with Crippen LogP contribution in [0.2, 0.25) is 0 Å². The summed E-state index contributed by atoms with van der Waals surface area (Å²) in [6.07, 6.45) is 1.53. The van der Waals surface area contributed by atoms with Gasteiger partial charge < -0.3 is 4.98 Å². The fraction of sp³-hybridized carbons (Fsp3) is 0.167. The Morgan fingerprint density at radius 1 is 1.67 bits per heavy atom. The molecule has 2 aromatic rings. The topological polar surface area (TPSA) is 66.5 Å². The van der Waals surface area contributed by atoms with E-state index in [4.69, 9.17) is 12.2 Å². The van der Waals surface area contributed by atoms with E-state index in [-0.39, 0.29) is 5.56 Å². The SMILES string of the molecule is Cn1c(=S)[nH]c2cn[nH]c2c1=O. The Morgan fingerprint density at radius 3 is 3.17 bits per heavy atom. The van der Waals surface area contributed by atoms with Gasteiger partial charge in [-0.3, -0.25) is 14.5 Å². The van der Waals surface area contributed by atoms with Crippen molar-refractivity contribution in [3.05, 3.63) is 21.3 Å². The number of aromatic amines is 2. The summed E-state index contributed by atoms with van der Waals surface area (Å²) < 4.78 is 1.75. The van der Waals surface area contributed by atoms with Crippen LogP contribution in [0.1, 0.15) is 0 Å². The molecule has 0 saturated heterocycles. The van der Waals surface area contributed by atoms with Gasteiger partial charge in [0.25, 0.3) is 5.56 Å². The summed E-state index contributed by atoms with van der Waals surface area (Å²) in [5, 5.41) is 6.32. The van der Waals surface area contributed by atoms with Crippen LogP contribution in [0.4, 0.5) is 0 Å². The van der Waals surface area contributed by atoms with E-state index in [1.54, 1.807) is 7.05 Å². The Morgan fingerprint density at radius 2 is 2.42 bits per heavy atom. The first-order valence-electron chi connectivity index (χ1n) is 3.32. The van der Waals surface area contributed by atoms with Crippen LogP contribution in [0.15, 0.2) is 11.0 Å². The molecule has 0 aromatic carbocycles. The number of aromatic nitrogens is 4. The van der Waals surface area contributed by atoms with Crippen molar-refractivity contribution in [1.29, 1.82) is 0 Å². The van der Waals surface area contributed by atoms with E-state index in [9.17, 15) is 4.79 Å². The molecule has 0 atom stereocenters. The van der Waals surface area contributed by atoms with Gasteiger partial charge in [0.15, 0.2) is 4.77 Å². The molecule has 62 valence electrons. The Labute approximate surface area is 72.0 Å². The molecular weight excluding hydrogens is 176 g/mol. The van der Waals surface area contributed by atoms with Crippen LogP contribution < -0.4 is 5.56 Å². The summed E-state index contributed by atoms with van der Waals surface area (Å²) in [5.74, 6) is 0. The Kier molecular flexibility index (Phi) is 1.37. The minimum absolute atomic E-state index is 0.161. The van der Waals surface area contributed by atoms with Gasteiger partial charge in [-0.2, -0.15) is 5.10 Å². The third-order valence-corrected chi connectivity index (χ3v) is 2.08. The maximum Gasteiger partial charge on any atom is 0.279 e. The van der Waals surface area contributed by atoms with Crippen LogP contribution in [0.25, 0.3) is 11.0 Å². The third kappa shape index (κ3) is 0.814. The molecule has 0 radical (unpaired) electrons. The summed E-state index contributed by atoms with van der Waals surface area (Å²) in [6.45, 7) is 0. The second-order valence-electron chi connectivity index (χ2n) is 2.45. The van der Waals surface area contributed by atoms with Crippen LogP contribution >= 0.6 is 12.2 Å². The number of nitrogens with one attached hydrogen (secondary N) is 2. The van der Waals surface area contributed by atoms with Crippen molar-refractivity contribution < 1.29 is 0 Å². The molecular formula is C6H6N4OS. The molecule has 2 heterocycles. The summed E-state index contributed by atoms with van der Waals surface area (Å²) in [5.41, 5.74) is 0.931. The second kappa shape index (κ2) is 2.28. The van der Waals surface area contributed by atoms with Crippen LogP contribution in [-0.4, -0.2) is 19.7 Å². The van der Waals surface area contributed by atoms with E-state index < -0.39 is 0 Å². The van der Waals surface area contributed by atoms with Gasteiger partial charge in [-0.15, -0.1) is 0 Å². The highest BCUT2D eigenvalue weighted by atomic mass is 32.1. The lowest BCUT2D eigenvalue weighted by Crippen LogP contribution is -2.18. The lowest BCUT2D eigenvalue weighted by Gasteiger charge is -1.95. The fourth-order valence-corrected chi connectivity index (χ4v) is 1.20. The molecule has 0 saturated carbocycles. The number of H-pyrrole nitrogens is 2. The Hall–Kier alpha value is -1.43. The van der Waals surface area contributed by atoms with E-state index in [1.807, 2.05) is 0 Å². The highest BCUT2D eigenvalue weighted by Crippen LogP contribution is 1.99. The quantitative estimate of drug-likeness (QED) is 0.576. The van der Waals surface area contributed by atoms with E-state index >= 15 is 0 Å². The van der Waals surface area contributed by atoms with E-state index in [2.05, 4.69) is 15.2 Å². The first kappa shape index (κ1) is 7.23. The number of hydrogen-bond acceptors (Lipinski definition) is 3. The number of nitrogens with zero attached hydrogens (tertiary/aromatic N) is 2. The smallest absolute Gasteiger partial charge is 0.279 e. The summed E-state index contributed by atoms with van der Waals surface area (Å²) >= 11 is 4.90. The lowest BCUT2D eigenvalue weighted by molar-refractivity contribution is 0.821. The number of hydrogen-bond donors (Lipinski definition) is 2. The highest BCUT2D eigenvalue weighted by molar-refractivity contribution is 7.71. The standard InChI is InChI=1S/C6H6N4OS/c1-10-5(11)4-3(2-7-9-4)8-6(10)12/h2H,1H3,(H,7,9)(H,8,12). The average Bonchev–Trinajstić information content (AvgIpc) is 2.48. The molecule has 0 aliphatic rings. The molecule has 0 fully saturated rings. The fourth-order valence-electron chi connectivity index (χ4n) is 1.00. The molecule has 0 bridgehead atoms. The predicted molar refractivity (Wildman–Crippen MR) is 46.5 cm³/mol. The molecule has 0 aliphatic heterocycles. The minimum atomic E-state index is -0.161. The number of fused-ring (bicyclic) bond motifs is 1. The molecule has 6 heteroatoms. The van der Waals surface area contributed by atoms with Crippen molar-refractivity contribution in [3.8, 4) is 0 Å². The summed E-state index contributed by atoms with van der Waals surface area (Å²) in [7, 11) is 1.61. The number of rotatable bonds is 0. The molecule has 2 N–H and O–H groups in total. The summed E-state index contributed by atoms with van der Waals surface area (Å²) in [4.78, 5) is 14.3. The zero-order valence-corrected chi connectivity index (χ0v) is 7.10. The van der Waals surface area contributed by atoms with Gasteiger partial charge in [-0.25, -0.2) is 0 Å². The van der Waals surface area contributed by atoms with Gasteiger partial charge in [0.1, 0.15) is 5.52 Å². The van der Waals surface area contributed by atoms with Crippen LogP contribution in [-0.2, 0) is 7.05 Å². The monoisotopic (exact) mass is 182 g/mol. The van der Waals surface area contributed by atoms with Crippen molar-refractivity contribution in [2.24, 2.45) is 7.05 Å². The maximum atomic E-state index is 11.4. The Balaban J connectivity index is 3.16. The van der Waals surface area contributed by atoms with Gasteiger partial charge in [0, 0.05) is 7.05 Å². The van der Waals surface area contributed by atoms with Crippen molar-refractivity contribution in [2.75, 3.05) is 0 Å². The van der Waals surface area contributed by atoms with Crippen molar-refractivity contribution in [2.45, 2.75) is 0 Å². The van der Waals surface area contributed by atoms with E-state index in [0.29, 0.717) is 15.8 Å². The molecule has 2 rings (SSSR count). The Bertz CT molecular complexity index is 534. The van der Waals surface area contributed by atoms with Gasteiger partial charge in [0.2, 0.25) is 0 Å².